The predicted octanol–water partition coefficient (Wildman–Crippen LogP) is 2.23. The third-order valence-corrected chi connectivity index (χ3v) is 3.38. The molecular formula is C11H10N2OS. The number of aromatic nitrogens is 2. The van der Waals surface area contributed by atoms with Crippen molar-refractivity contribution in [1.29, 1.82) is 0 Å². The summed E-state index contributed by atoms with van der Waals surface area (Å²) in [7, 11) is 0. The monoisotopic (exact) mass is 218 g/mol. The fourth-order valence-corrected chi connectivity index (χ4v) is 2.61. The van der Waals surface area contributed by atoms with Gasteiger partial charge in [0.25, 0.3) is 0 Å². The highest BCUT2D eigenvalue weighted by molar-refractivity contribution is 7.15. The summed E-state index contributed by atoms with van der Waals surface area (Å²) in [6.45, 7) is 0. The molecule has 0 atom stereocenters. The molecule has 2 heterocycles. The van der Waals surface area contributed by atoms with Crippen molar-refractivity contribution in [3.63, 3.8) is 0 Å². The van der Waals surface area contributed by atoms with Crippen LogP contribution >= 0.6 is 11.3 Å². The van der Waals surface area contributed by atoms with Gasteiger partial charge in [0.15, 0.2) is 10.7 Å². The van der Waals surface area contributed by atoms with E-state index in [-0.39, 0.29) is 5.78 Å². The first kappa shape index (κ1) is 8.85. The first-order chi connectivity index (χ1) is 7.31. The molecule has 0 saturated heterocycles. The number of hydrogen-bond donors (Lipinski definition) is 0. The Labute approximate surface area is 91.1 Å². The molecule has 0 saturated carbocycles. The minimum Gasteiger partial charge on any atom is -0.297 e. The third-order valence-electron chi connectivity index (χ3n) is 2.61. The van der Waals surface area contributed by atoms with Crippen molar-refractivity contribution in [3.8, 4) is 0 Å². The number of nitrogens with zero attached hydrogens (tertiary/aromatic N) is 2. The quantitative estimate of drug-likeness (QED) is 0.774. The number of allylic oxidation sites excluding steroid dienone is 2. The van der Waals surface area contributed by atoms with Crippen LogP contribution in [-0.4, -0.2) is 15.2 Å². The molecule has 0 aliphatic heterocycles. The number of rotatable bonds is 2. The molecule has 76 valence electrons. The van der Waals surface area contributed by atoms with Crippen molar-refractivity contribution in [2.45, 2.75) is 19.3 Å². The van der Waals surface area contributed by atoms with Gasteiger partial charge in [-0.25, -0.2) is 4.98 Å². The van der Waals surface area contributed by atoms with Gasteiger partial charge in [0.2, 0.25) is 0 Å². The smallest absolute Gasteiger partial charge is 0.193 e. The van der Waals surface area contributed by atoms with Gasteiger partial charge in [0, 0.05) is 30.6 Å². The van der Waals surface area contributed by atoms with Crippen LogP contribution in [0.3, 0.4) is 0 Å². The van der Waals surface area contributed by atoms with E-state index >= 15 is 0 Å². The van der Waals surface area contributed by atoms with Crippen molar-refractivity contribution in [3.05, 3.63) is 35.1 Å². The van der Waals surface area contributed by atoms with Gasteiger partial charge in [-0.15, -0.1) is 11.3 Å². The van der Waals surface area contributed by atoms with Crippen molar-refractivity contribution >= 4 is 22.1 Å². The average molecular weight is 218 g/mol. The molecule has 0 spiro atoms. The van der Waals surface area contributed by atoms with Crippen molar-refractivity contribution in [2.75, 3.05) is 0 Å². The number of thiazole rings is 1. The van der Waals surface area contributed by atoms with Gasteiger partial charge in [-0.05, 0) is 12.5 Å². The third kappa shape index (κ3) is 1.61. The van der Waals surface area contributed by atoms with Crippen LogP contribution in [0.4, 0.5) is 0 Å². The summed E-state index contributed by atoms with van der Waals surface area (Å²) < 4.78 is 2.03. The van der Waals surface area contributed by atoms with Crippen molar-refractivity contribution in [1.82, 2.24) is 9.38 Å². The van der Waals surface area contributed by atoms with E-state index in [1.807, 2.05) is 22.2 Å². The lowest BCUT2D eigenvalue weighted by molar-refractivity contribution is -0.114. The van der Waals surface area contributed by atoms with Gasteiger partial charge in [-0.2, -0.15) is 0 Å². The maximum Gasteiger partial charge on any atom is 0.193 e. The molecule has 15 heavy (non-hydrogen) atoms. The van der Waals surface area contributed by atoms with Crippen molar-refractivity contribution in [2.24, 2.45) is 0 Å². The molecule has 3 rings (SSSR count). The summed E-state index contributed by atoms with van der Waals surface area (Å²) in [6, 6.07) is 0. The highest BCUT2D eigenvalue weighted by atomic mass is 32.1. The topological polar surface area (TPSA) is 34.4 Å². The second-order valence-corrected chi connectivity index (χ2v) is 4.64. The summed E-state index contributed by atoms with van der Waals surface area (Å²) in [5.74, 6) is 0.256. The van der Waals surface area contributed by atoms with Crippen LogP contribution in [0.1, 0.15) is 18.5 Å². The lowest BCUT2D eigenvalue weighted by Crippen LogP contribution is -1.87. The van der Waals surface area contributed by atoms with Gasteiger partial charge in [-0.1, -0.05) is 5.57 Å². The zero-order valence-electron chi connectivity index (χ0n) is 8.14. The molecule has 0 radical (unpaired) electrons. The SMILES string of the molecule is O=C1C=C(Cc2cn3ccsc3n2)CC1. The summed E-state index contributed by atoms with van der Waals surface area (Å²) in [4.78, 5) is 16.6. The maximum atomic E-state index is 11.1. The Morgan fingerprint density at radius 2 is 2.40 bits per heavy atom. The number of fused-ring (bicyclic) bond motifs is 1. The van der Waals surface area contributed by atoms with Gasteiger partial charge >= 0.3 is 0 Å². The molecule has 0 unspecified atom stereocenters. The first-order valence-electron chi connectivity index (χ1n) is 4.94. The molecule has 0 N–H and O–H groups in total. The minimum atomic E-state index is 0.256. The lowest BCUT2D eigenvalue weighted by atomic mass is 10.1. The molecule has 0 aromatic carbocycles. The molecule has 0 bridgehead atoms. The molecule has 3 nitrogen and oxygen atoms in total. The zero-order chi connectivity index (χ0) is 10.3. The minimum absolute atomic E-state index is 0.256. The Morgan fingerprint density at radius 1 is 1.47 bits per heavy atom. The van der Waals surface area contributed by atoms with E-state index in [1.54, 1.807) is 17.4 Å². The number of ketones is 1. The lowest BCUT2D eigenvalue weighted by Gasteiger charge is -1.95. The highest BCUT2D eigenvalue weighted by Gasteiger charge is 2.13. The molecule has 0 amide bonds. The Balaban J connectivity index is 1.86. The van der Waals surface area contributed by atoms with Gasteiger partial charge in [-0.3, -0.25) is 9.20 Å². The van der Waals surface area contributed by atoms with E-state index in [9.17, 15) is 4.79 Å². The molecule has 2 aromatic heterocycles. The summed E-state index contributed by atoms with van der Waals surface area (Å²) >= 11 is 1.63. The summed E-state index contributed by atoms with van der Waals surface area (Å²) in [5, 5.41) is 2.02. The first-order valence-corrected chi connectivity index (χ1v) is 5.82. The van der Waals surface area contributed by atoms with Gasteiger partial charge in [0.1, 0.15) is 0 Å². The van der Waals surface area contributed by atoms with Crippen LogP contribution in [0.25, 0.3) is 4.96 Å². The highest BCUT2D eigenvalue weighted by Crippen LogP contribution is 2.20. The summed E-state index contributed by atoms with van der Waals surface area (Å²) in [5.41, 5.74) is 2.27. The normalized spacial score (nSPS) is 16.3. The Hall–Kier alpha value is -1.42. The van der Waals surface area contributed by atoms with Crippen LogP contribution < -0.4 is 0 Å². The largest absolute Gasteiger partial charge is 0.297 e. The number of carbonyl (C=O) groups excluding carboxylic acids is 1. The molecule has 0 fully saturated rings. The Kier molecular flexibility index (Phi) is 1.95. The van der Waals surface area contributed by atoms with Crippen LogP contribution in [0, 0.1) is 0 Å². The average Bonchev–Trinajstić information content (AvgIpc) is 2.81. The van der Waals surface area contributed by atoms with Crippen LogP contribution in [0.5, 0.6) is 0 Å². The zero-order valence-corrected chi connectivity index (χ0v) is 8.96. The van der Waals surface area contributed by atoms with E-state index in [1.165, 1.54) is 5.57 Å². The Bertz CT molecular complexity index is 521. The van der Waals surface area contributed by atoms with E-state index in [4.69, 9.17) is 0 Å². The standard InChI is InChI=1S/C11H10N2OS/c14-10-2-1-8(6-10)5-9-7-13-3-4-15-11(13)12-9/h3-4,6-7H,1-2,5H2. The van der Waals surface area contributed by atoms with Crippen LogP contribution in [0.2, 0.25) is 0 Å². The second kappa shape index (κ2) is 3.31. The van der Waals surface area contributed by atoms with E-state index < -0.39 is 0 Å². The fourth-order valence-electron chi connectivity index (χ4n) is 1.89. The molecule has 1 aliphatic carbocycles. The van der Waals surface area contributed by atoms with E-state index in [0.717, 1.165) is 23.5 Å². The fraction of sp³-hybridized carbons (Fsp3) is 0.273. The second-order valence-electron chi connectivity index (χ2n) is 3.77. The molecule has 2 aromatic rings. The number of carbonyl (C=O) groups is 1. The molecule has 1 aliphatic rings. The number of imidazole rings is 1. The molecular weight excluding hydrogens is 208 g/mol. The Morgan fingerprint density at radius 3 is 3.13 bits per heavy atom. The van der Waals surface area contributed by atoms with E-state index in [0.29, 0.717) is 6.42 Å². The van der Waals surface area contributed by atoms with Crippen molar-refractivity contribution < 1.29 is 4.79 Å². The predicted molar refractivity (Wildman–Crippen MR) is 59.1 cm³/mol. The van der Waals surface area contributed by atoms with E-state index in [2.05, 4.69) is 4.98 Å². The van der Waals surface area contributed by atoms with Crippen LogP contribution in [0.15, 0.2) is 29.4 Å². The molecule has 4 heteroatoms. The van der Waals surface area contributed by atoms with Crippen LogP contribution in [-0.2, 0) is 11.2 Å². The maximum absolute atomic E-state index is 11.1. The van der Waals surface area contributed by atoms with Gasteiger partial charge < -0.3 is 0 Å². The number of hydrogen-bond acceptors (Lipinski definition) is 3. The summed E-state index contributed by atoms with van der Waals surface area (Å²) in [6.07, 6.45) is 8.22. The van der Waals surface area contributed by atoms with Gasteiger partial charge in [0.05, 0.1) is 5.69 Å².